The topological polar surface area (TPSA) is 99.3 Å². The maximum atomic E-state index is 12.4. The molecule has 1 atom stereocenters. The van der Waals surface area contributed by atoms with Crippen molar-refractivity contribution in [2.75, 3.05) is 0 Å². The number of carboxylic acid groups (broad SMARTS) is 1. The highest BCUT2D eigenvalue weighted by molar-refractivity contribution is 5.97. The Bertz CT molecular complexity index is 665. The summed E-state index contributed by atoms with van der Waals surface area (Å²) in [7, 11) is 0. The zero-order chi connectivity index (χ0) is 17.0. The molecule has 1 heterocycles. The standard InChI is InChI=1S/C17H24N2O4/c1-3-9-17(2,16(22)23)19-15(21)12-10-11-7-5-4-6-8-13(11)18-14(12)20/h10H,3-9H2,1-2H3,(H,18,20)(H,19,21)(H,22,23). The van der Waals surface area contributed by atoms with Crippen molar-refractivity contribution in [2.24, 2.45) is 0 Å². The summed E-state index contributed by atoms with van der Waals surface area (Å²) in [6, 6.07) is 1.63. The fourth-order valence-corrected chi connectivity index (χ4v) is 3.06. The molecule has 1 aliphatic carbocycles. The summed E-state index contributed by atoms with van der Waals surface area (Å²) in [5.41, 5.74) is 0.0606. The van der Waals surface area contributed by atoms with Crippen LogP contribution in [-0.2, 0) is 17.6 Å². The molecule has 1 aromatic rings. The van der Waals surface area contributed by atoms with Gasteiger partial charge in [0.2, 0.25) is 0 Å². The molecule has 2 rings (SSSR count). The van der Waals surface area contributed by atoms with Crippen LogP contribution in [0, 0.1) is 0 Å². The van der Waals surface area contributed by atoms with Gasteiger partial charge in [-0.1, -0.05) is 19.8 Å². The Morgan fingerprint density at radius 3 is 2.65 bits per heavy atom. The van der Waals surface area contributed by atoms with Gasteiger partial charge in [0, 0.05) is 5.69 Å². The Labute approximate surface area is 135 Å². The Balaban J connectivity index is 2.30. The second-order valence-corrected chi connectivity index (χ2v) is 6.42. The van der Waals surface area contributed by atoms with Crippen LogP contribution in [0.15, 0.2) is 10.9 Å². The molecule has 3 N–H and O–H groups in total. The van der Waals surface area contributed by atoms with Gasteiger partial charge in [-0.15, -0.1) is 0 Å². The van der Waals surface area contributed by atoms with Gasteiger partial charge in [0.25, 0.3) is 11.5 Å². The number of carbonyl (C=O) groups excluding carboxylic acids is 1. The molecule has 1 unspecified atom stereocenters. The van der Waals surface area contributed by atoms with Gasteiger partial charge in [-0.25, -0.2) is 4.79 Å². The summed E-state index contributed by atoms with van der Waals surface area (Å²) in [5.74, 6) is -1.73. The molecule has 1 aromatic heterocycles. The van der Waals surface area contributed by atoms with E-state index in [9.17, 15) is 19.5 Å². The van der Waals surface area contributed by atoms with Crippen molar-refractivity contribution in [3.05, 3.63) is 33.2 Å². The van der Waals surface area contributed by atoms with Crippen molar-refractivity contribution in [3.8, 4) is 0 Å². The maximum Gasteiger partial charge on any atom is 0.329 e. The minimum absolute atomic E-state index is 0.00534. The number of pyridine rings is 1. The number of amides is 1. The van der Waals surface area contributed by atoms with Gasteiger partial charge in [0.05, 0.1) is 0 Å². The lowest BCUT2D eigenvalue weighted by Gasteiger charge is -2.25. The second-order valence-electron chi connectivity index (χ2n) is 6.42. The number of carbonyl (C=O) groups is 2. The second kappa shape index (κ2) is 6.98. The highest BCUT2D eigenvalue weighted by Gasteiger charge is 2.34. The van der Waals surface area contributed by atoms with E-state index in [0.29, 0.717) is 12.8 Å². The van der Waals surface area contributed by atoms with Crippen molar-refractivity contribution in [1.82, 2.24) is 10.3 Å². The lowest BCUT2D eigenvalue weighted by molar-refractivity contribution is -0.144. The molecule has 1 aliphatic rings. The van der Waals surface area contributed by atoms with Gasteiger partial charge in [-0.2, -0.15) is 0 Å². The monoisotopic (exact) mass is 320 g/mol. The largest absolute Gasteiger partial charge is 0.480 e. The number of rotatable bonds is 5. The van der Waals surface area contributed by atoms with Crippen LogP contribution in [0.3, 0.4) is 0 Å². The Kier molecular flexibility index (Phi) is 5.23. The lowest BCUT2D eigenvalue weighted by atomic mass is 9.95. The third kappa shape index (κ3) is 3.81. The molecular weight excluding hydrogens is 296 g/mol. The molecule has 126 valence electrons. The number of hydrogen-bond donors (Lipinski definition) is 3. The molecule has 0 fully saturated rings. The summed E-state index contributed by atoms with van der Waals surface area (Å²) in [4.78, 5) is 38.9. The summed E-state index contributed by atoms with van der Waals surface area (Å²) in [5, 5.41) is 11.9. The average molecular weight is 320 g/mol. The highest BCUT2D eigenvalue weighted by atomic mass is 16.4. The van der Waals surface area contributed by atoms with Gasteiger partial charge in [-0.3, -0.25) is 9.59 Å². The zero-order valence-electron chi connectivity index (χ0n) is 13.7. The van der Waals surface area contributed by atoms with Crippen molar-refractivity contribution in [1.29, 1.82) is 0 Å². The van der Waals surface area contributed by atoms with Crippen LogP contribution in [0.2, 0.25) is 0 Å². The number of aliphatic carboxylic acids is 1. The zero-order valence-corrected chi connectivity index (χ0v) is 13.7. The fourth-order valence-electron chi connectivity index (χ4n) is 3.06. The molecule has 0 saturated carbocycles. The van der Waals surface area contributed by atoms with Crippen LogP contribution in [0.25, 0.3) is 0 Å². The van der Waals surface area contributed by atoms with E-state index in [1.807, 2.05) is 6.92 Å². The normalized spacial score (nSPS) is 16.8. The fraction of sp³-hybridized carbons (Fsp3) is 0.588. The van der Waals surface area contributed by atoms with Crippen LogP contribution >= 0.6 is 0 Å². The number of fused-ring (bicyclic) bond motifs is 1. The van der Waals surface area contributed by atoms with E-state index in [0.717, 1.165) is 43.4 Å². The number of carboxylic acids is 1. The van der Waals surface area contributed by atoms with Crippen LogP contribution in [0.1, 0.15) is 67.6 Å². The molecule has 0 saturated heterocycles. The predicted molar refractivity (Wildman–Crippen MR) is 86.7 cm³/mol. The van der Waals surface area contributed by atoms with Crippen molar-refractivity contribution >= 4 is 11.9 Å². The van der Waals surface area contributed by atoms with E-state index >= 15 is 0 Å². The summed E-state index contributed by atoms with van der Waals surface area (Å²) < 4.78 is 0. The summed E-state index contributed by atoms with van der Waals surface area (Å²) in [6.45, 7) is 3.32. The van der Waals surface area contributed by atoms with E-state index in [1.54, 1.807) is 6.07 Å². The first-order valence-corrected chi connectivity index (χ1v) is 8.18. The maximum absolute atomic E-state index is 12.4. The number of aryl methyl sites for hydroxylation is 2. The molecule has 0 bridgehead atoms. The molecular formula is C17H24N2O4. The highest BCUT2D eigenvalue weighted by Crippen LogP contribution is 2.19. The Morgan fingerprint density at radius 2 is 2.00 bits per heavy atom. The summed E-state index contributed by atoms with van der Waals surface area (Å²) in [6.07, 6.45) is 5.73. The molecule has 23 heavy (non-hydrogen) atoms. The quantitative estimate of drug-likeness (QED) is 0.723. The first-order valence-electron chi connectivity index (χ1n) is 8.18. The van der Waals surface area contributed by atoms with E-state index < -0.39 is 23.0 Å². The lowest BCUT2D eigenvalue weighted by Crippen LogP contribution is -2.53. The van der Waals surface area contributed by atoms with Crippen molar-refractivity contribution in [3.63, 3.8) is 0 Å². The molecule has 6 heteroatoms. The van der Waals surface area contributed by atoms with Gasteiger partial charge < -0.3 is 15.4 Å². The third-order valence-electron chi connectivity index (χ3n) is 4.44. The number of aromatic nitrogens is 1. The molecule has 0 spiro atoms. The molecule has 6 nitrogen and oxygen atoms in total. The molecule has 1 amide bonds. The van der Waals surface area contributed by atoms with Crippen LogP contribution in [-0.4, -0.2) is 27.5 Å². The molecule has 0 aliphatic heterocycles. The number of nitrogens with one attached hydrogen (secondary N) is 2. The molecule has 0 aromatic carbocycles. The first kappa shape index (κ1) is 17.2. The van der Waals surface area contributed by atoms with Gasteiger partial charge in [0.1, 0.15) is 11.1 Å². The SMILES string of the molecule is CCCC(C)(NC(=O)c1cc2c([nH]c1=O)CCCCC2)C(=O)O. The Morgan fingerprint density at radius 1 is 1.30 bits per heavy atom. The van der Waals surface area contributed by atoms with E-state index in [-0.39, 0.29) is 5.56 Å². The smallest absolute Gasteiger partial charge is 0.329 e. The predicted octanol–water partition coefficient (Wildman–Crippen LogP) is 2.02. The minimum Gasteiger partial charge on any atom is -0.480 e. The molecule has 0 radical (unpaired) electrons. The number of H-pyrrole nitrogens is 1. The van der Waals surface area contributed by atoms with E-state index in [2.05, 4.69) is 10.3 Å². The first-order chi connectivity index (χ1) is 10.9. The number of hydrogen-bond acceptors (Lipinski definition) is 3. The van der Waals surface area contributed by atoms with Crippen LogP contribution in [0.4, 0.5) is 0 Å². The van der Waals surface area contributed by atoms with E-state index in [1.165, 1.54) is 6.92 Å². The van der Waals surface area contributed by atoms with Gasteiger partial charge >= 0.3 is 5.97 Å². The van der Waals surface area contributed by atoms with E-state index in [4.69, 9.17) is 0 Å². The van der Waals surface area contributed by atoms with Crippen molar-refractivity contribution < 1.29 is 14.7 Å². The third-order valence-corrected chi connectivity index (χ3v) is 4.44. The van der Waals surface area contributed by atoms with Gasteiger partial charge in [-0.05, 0) is 50.7 Å². The minimum atomic E-state index is -1.37. The number of aromatic amines is 1. The van der Waals surface area contributed by atoms with Crippen LogP contribution < -0.4 is 10.9 Å². The Hall–Kier alpha value is -2.11. The van der Waals surface area contributed by atoms with Crippen molar-refractivity contribution in [2.45, 2.75) is 64.3 Å². The van der Waals surface area contributed by atoms with Gasteiger partial charge in [0.15, 0.2) is 0 Å². The summed E-state index contributed by atoms with van der Waals surface area (Å²) >= 11 is 0. The van der Waals surface area contributed by atoms with Crippen LogP contribution in [0.5, 0.6) is 0 Å². The average Bonchev–Trinajstić information content (AvgIpc) is 2.71.